The lowest BCUT2D eigenvalue weighted by atomic mass is 9.98. The Labute approximate surface area is 85.2 Å². The van der Waals surface area contributed by atoms with E-state index in [1.165, 1.54) is 0 Å². The van der Waals surface area contributed by atoms with Crippen LogP contribution in [0.4, 0.5) is 4.79 Å². The molecule has 1 atom stereocenters. The number of nitrogens with two attached hydrogens (primary N) is 1. The van der Waals surface area contributed by atoms with E-state index < -0.39 is 6.03 Å². The summed E-state index contributed by atoms with van der Waals surface area (Å²) in [4.78, 5) is 21.5. The molecule has 4 heteroatoms. The molecule has 0 fully saturated rings. The predicted molar refractivity (Wildman–Crippen MR) is 55.9 cm³/mol. The van der Waals surface area contributed by atoms with E-state index in [9.17, 15) is 9.59 Å². The van der Waals surface area contributed by atoms with Gasteiger partial charge in [-0.1, -0.05) is 20.3 Å². The Morgan fingerprint density at radius 2 is 2.00 bits per heavy atom. The Bertz CT molecular complexity index is 193. The van der Waals surface area contributed by atoms with Crippen LogP contribution in [0.5, 0.6) is 0 Å². The molecule has 0 radical (unpaired) electrons. The molecule has 0 rings (SSSR count). The molecule has 4 nitrogen and oxygen atoms in total. The third kappa shape index (κ3) is 6.46. The third-order valence-electron chi connectivity index (χ3n) is 2.26. The van der Waals surface area contributed by atoms with Gasteiger partial charge < -0.3 is 11.1 Å². The van der Waals surface area contributed by atoms with E-state index in [2.05, 4.69) is 5.32 Å². The quantitative estimate of drug-likeness (QED) is 0.610. The monoisotopic (exact) mass is 200 g/mol. The normalized spacial score (nSPS) is 12.1. The van der Waals surface area contributed by atoms with Gasteiger partial charge in [-0.15, -0.1) is 0 Å². The van der Waals surface area contributed by atoms with E-state index in [-0.39, 0.29) is 5.92 Å². The summed E-state index contributed by atoms with van der Waals surface area (Å²) in [6.45, 7) is 4.43. The summed E-state index contributed by atoms with van der Waals surface area (Å²) in [5.74, 6) is 0.460. The summed E-state index contributed by atoms with van der Waals surface area (Å²) in [6, 6.07) is -0.484. The largest absolute Gasteiger partial charge is 0.352 e. The Balaban J connectivity index is 3.36. The fourth-order valence-corrected chi connectivity index (χ4v) is 1.30. The minimum atomic E-state index is -0.484. The highest BCUT2D eigenvalue weighted by molar-refractivity contribution is 5.80. The molecule has 0 bridgehead atoms. The Kier molecular flexibility index (Phi) is 6.80. The topological polar surface area (TPSA) is 72.2 Å². The maximum atomic E-state index is 11.2. The van der Waals surface area contributed by atoms with Crippen LogP contribution in [0.2, 0.25) is 0 Å². The van der Waals surface area contributed by atoms with Crippen molar-refractivity contribution in [2.75, 3.05) is 6.54 Å². The van der Waals surface area contributed by atoms with Crippen molar-refractivity contribution in [2.24, 2.45) is 11.7 Å². The Morgan fingerprint density at radius 3 is 2.50 bits per heavy atom. The van der Waals surface area contributed by atoms with E-state index in [4.69, 9.17) is 5.73 Å². The first-order valence-electron chi connectivity index (χ1n) is 5.14. The molecular formula is C10H20N2O2. The maximum absolute atomic E-state index is 11.2. The van der Waals surface area contributed by atoms with Crippen LogP contribution in [0.3, 0.4) is 0 Å². The minimum Gasteiger partial charge on any atom is -0.352 e. The van der Waals surface area contributed by atoms with Gasteiger partial charge in [0.25, 0.3) is 0 Å². The second kappa shape index (κ2) is 7.35. The van der Waals surface area contributed by atoms with Crippen molar-refractivity contribution < 1.29 is 9.59 Å². The lowest BCUT2D eigenvalue weighted by Gasteiger charge is -2.08. The van der Waals surface area contributed by atoms with Gasteiger partial charge in [-0.05, 0) is 12.8 Å². The molecule has 0 heterocycles. The molecule has 0 aromatic rings. The predicted octanol–water partition coefficient (Wildman–Crippen LogP) is 1.44. The first-order chi connectivity index (χ1) is 6.57. The zero-order valence-corrected chi connectivity index (χ0v) is 9.01. The van der Waals surface area contributed by atoms with Crippen molar-refractivity contribution in [3.8, 4) is 0 Å². The zero-order chi connectivity index (χ0) is 11.0. The molecule has 0 saturated heterocycles. The molecule has 0 aliphatic heterocycles. The maximum Gasteiger partial charge on any atom is 0.312 e. The number of hydrogen-bond acceptors (Lipinski definition) is 2. The molecule has 2 amide bonds. The van der Waals surface area contributed by atoms with E-state index >= 15 is 0 Å². The molecule has 14 heavy (non-hydrogen) atoms. The fraction of sp³-hybridized carbons (Fsp3) is 0.800. The van der Waals surface area contributed by atoms with Crippen LogP contribution in [0.15, 0.2) is 0 Å². The fourth-order valence-electron chi connectivity index (χ4n) is 1.30. The molecule has 0 aliphatic carbocycles. The van der Waals surface area contributed by atoms with Crippen molar-refractivity contribution in [3.05, 3.63) is 0 Å². The second-order valence-corrected chi connectivity index (χ2v) is 3.51. The van der Waals surface area contributed by atoms with Crippen LogP contribution < -0.4 is 11.1 Å². The highest BCUT2D eigenvalue weighted by atomic mass is 16.2. The van der Waals surface area contributed by atoms with Gasteiger partial charge in [-0.2, -0.15) is 0 Å². The number of nitrogens with one attached hydrogen (secondary N) is 1. The van der Waals surface area contributed by atoms with Gasteiger partial charge in [0.15, 0.2) is 0 Å². The smallest absolute Gasteiger partial charge is 0.312 e. The van der Waals surface area contributed by atoms with Gasteiger partial charge in [0.1, 0.15) is 5.78 Å². The van der Waals surface area contributed by atoms with Gasteiger partial charge in [-0.3, -0.25) is 4.79 Å². The van der Waals surface area contributed by atoms with Crippen LogP contribution in [0.1, 0.15) is 39.5 Å². The molecule has 0 aromatic carbocycles. The number of unbranched alkanes of at least 4 members (excludes halogenated alkanes) is 1. The van der Waals surface area contributed by atoms with Crippen LogP contribution >= 0.6 is 0 Å². The number of amides is 2. The molecular weight excluding hydrogens is 180 g/mol. The standard InChI is InChI=1S/C10H20N2O2/c1-3-9(13)8(2)6-4-5-7-12-10(11)14/h8H,3-7H2,1-2H3,(H3,11,12,14)/t8-/m0/s1. The summed E-state index contributed by atoms with van der Waals surface area (Å²) in [6.07, 6.45) is 3.34. The number of Topliss-reactive ketones (excluding diaryl/α,β-unsaturated/α-hetero) is 1. The number of urea groups is 1. The average Bonchev–Trinajstić information content (AvgIpc) is 2.15. The number of carbonyl (C=O) groups is 2. The number of carbonyl (C=O) groups excluding carboxylic acids is 2. The zero-order valence-electron chi connectivity index (χ0n) is 9.01. The van der Waals surface area contributed by atoms with Crippen molar-refractivity contribution in [2.45, 2.75) is 39.5 Å². The van der Waals surface area contributed by atoms with Crippen molar-refractivity contribution in [1.82, 2.24) is 5.32 Å². The van der Waals surface area contributed by atoms with Gasteiger partial charge in [0, 0.05) is 18.9 Å². The lowest BCUT2D eigenvalue weighted by molar-refractivity contribution is -0.122. The first-order valence-corrected chi connectivity index (χ1v) is 5.14. The number of primary amides is 1. The Morgan fingerprint density at radius 1 is 1.36 bits per heavy atom. The number of rotatable bonds is 7. The summed E-state index contributed by atoms with van der Waals surface area (Å²) in [5.41, 5.74) is 4.90. The van der Waals surface area contributed by atoms with E-state index in [0.717, 1.165) is 19.3 Å². The summed E-state index contributed by atoms with van der Waals surface area (Å²) in [7, 11) is 0. The van der Waals surface area contributed by atoms with Crippen LogP contribution in [0.25, 0.3) is 0 Å². The molecule has 0 unspecified atom stereocenters. The molecule has 0 aliphatic rings. The Hall–Kier alpha value is -1.06. The summed E-state index contributed by atoms with van der Waals surface area (Å²) in [5, 5.41) is 2.52. The van der Waals surface area contributed by atoms with Crippen LogP contribution in [-0.2, 0) is 4.79 Å². The second-order valence-electron chi connectivity index (χ2n) is 3.51. The molecule has 82 valence electrons. The van der Waals surface area contributed by atoms with Gasteiger partial charge in [0.2, 0.25) is 0 Å². The van der Waals surface area contributed by atoms with Crippen LogP contribution in [-0.4, -0.2) is 18.4 Å². The lowest BCUT2D eigenvalue weighted by Crippen LogP contribution is -2.30. The van der Waals surface area contributed by atoms with Crippen LogP contribution in [0, 0.1) is 5.92 Å². The highest BCUT2D eigenvalue weighted by Crippen LogP contribution is 2.09. The van der Waals surface area contributed by atoms with Gasteiger partial charge in [-0.25, -0.2) is 4.79 Å². The van der Waals surface area contributed by atoms with E-state index in [0.29, 0.717) is 18.7 Å². The van der Waals surface area contributed by atoms with Gasteiger partial charge >= 0.3 is 6.03 Å². The van der Waals surface area contributed by atoms with E-state index in [1.54, 1.807) is 0 Å². The minimum absolute atomic E-state index is 0.147. The highest BCUT2D eigenvalue weighted by Gasteiger charge is 2.09. The van der Waals surface area contributed by atoms with Crippen molar-refractivity contribution >= 4 is 11.8 Å². The van der Waals surface area contributed by atoms with Gasteiger partial charge in [0.05, 0.1) is 0 Å². The summed E-state index contributed by atoms with van der Waals surface area (Å²) >= 11 is 0. The van der Waals surface area contributed by atoms with Crippen molar-refractivity contribution in [3.63, 3.8) is 0 Å². The summed E-state index contributed by atoms with van der Waals surface area (Å²) < 4.78 is 0. The third-order valence-corrected chi connectivity index (χ3v) is 2.26. The molecule has 0 spiro atoms. The van der Waals surface area contributed by atoms with E-state index in [1.807, 2.05) is 13.8 Å². The molecule has 0 saturated carbocycles. The van der Waals surface area contributed by atoms with Crippen molar-refractivity contribution in [1.29, 1.82) is 0 Å². The first kappa shape index (κ1) is 12.9. The SMILES string of the molecule is CCC(=O)[C@@H](C)CCCCNC(N)=O. The average molecular weight is 200 g/mol. The molecule has 0 aromatic heterocycles. The number of ketones is 1. The number of hydrogen-bond donors (Lipinski definition) is 2. The molecule has 3 N–H and O–H groups in total.